The van der Waals surface area contributed by atoms with Crippen molar-refractivity contribution in [3.63, 3.8) is 0 Å². The van der Waals surface area contributed by atoms with Crippen molar-refractivity contribution in [2.75, 3.05) is 5.32 Å². The zero-order valence-electron chi connectivity index (χ0n) is 13.8. The van der Waals surface area contributed by atoms with Crippen LogP contribution in [-0.2, 0) is 7.05 Å². The molecule has 0 fully saturated rings. The smallest absolute Gasteiger partial charge is 0.281 e. The van der Waals surface area contributed by atoms with Crippen molar-refractivity contribution in [1.29, 1.82) is 0 Å². The zero-order valence-corrected chi connectivity index (χ0v) is 14.7. The quantitative estimate of drug-likeness (QED) is 0.607. The molecule has 1 amide bonds. The Morgan fingerprint density at radius 2 is 1.81 bits per heavy atom. The molecule has 7 heteroatoms. The van der Waals surface area contributed by atoms with Gasteiger partial charge in [-0.2, -0.15) is 5.10 Å². The van der Waals surface area contributed by atoms with Crippen LogP contribution in [0.5, 0.6) is 0 Å². The minimum atomic E-state index is -0.565. The molecule has 1 N–H and O–H groups in total. The van der Waals surface area contributed by atoms with Gasteiger partial charge < -0.3 is 0 Å². The number of aryl methyl sites for hydroxylation is 1. The highest BCUT2D eigenvalue weighted by Crippen LogP contribution is 2.24. The maximum atomic E-state index is 12.6. The number of carbonyl (C=O) groups excluding carboxylic acids is 1. The molecular weight excluding hydrogens is 348 g/mol. The van der Waals surface area contributed by atoms with Crippen LogP contribution in [0.1, 0.15) is 10.5 Å². The zero-order chi connectivity index (χ0) is 18.1. The van der Waals surface area contributed by atoms with E-state index in [0.29, 0.717) is 16.0 Å². The minimum absolute atomic E-state index is 0.150. The topological polar surface area (TPSA) is 76.9 Å². The van der Waals surface area contributed by atoms with Crippen LogP contribution >= 0.6 is 11.3 Å². The molecule has 0 atom stereocenters. The van der Waals surface area contributed by atoms with Crippen LogP contribution in [0.25, 0.3) is 22.2 Å². The summed E-state index contributed by atoms with van der Waals surface area (Å²) >= 11 is 1.30. The molecule has 0 unspecified atom stereocenters. The van der Waals surface area contributed by atoms with Crippen LogP contribution in [-0.4, -0.2) is 20.7 Å². The van der Waals surface area contributed by atoms with Gasteiger partial charge in [0.05, 0.1) is 11.2 Å². The molecule has 2 aromatic heterocycles. The number of aromatic nitrogens is 3. The highest BCUT2D eigenvalue weighted by Gasteiger charge is 2.18. The normalized spacial score (nSPS) is 10.8. The van der Waals surface area contributed by atoms with Crippen molar-refractivity contribution >= 4 is 33.3 Å². The van der Waals surface area contributed by atoms with E-state index in [1.165, 1.54) is 16.0 Å². The van der Waals surface area contributed by atoms with Crippen LogP contribution in [0.4, 0.5) is 5.13 Å². The van der Waals surface area contributed by atoms with Gasteiger partial charge in [-0.1, -0.05) is 42.5 Å². The van der Waals surface area contributed by atoms with Crippen molar-refractivity contribution in [3.05, 3.63) is 75.9 Å². The summed E-state index contributed by atoms with van der Waals surface area (Å²) in [4.78, 5) is 29.6. The first-order valence-electron chi connectivity index (χ1n) is 7.92. The van der Waals surface area contributed by atoms with Crippen molar-refractivity contribution in [2.24, 2.45) is 7.05 Å². The molecule has 4 rings (SSSR count). The van der Waals surface area contributed by atoms with Gasteiger partial charge in [0, 0.05) is 23.4 Å². The van der Waals surface area contributed by atoms with E-state index in [-0.39, 0.29) is 5.69 Å². The molecule has 0 radical (unpaired) electrons. The number of nitrogens with one attached hydrogen (secondary N) is 1. The number of nitrogens with zero attached hydrogens (tertiary/aromatic N) is 3. The fourth-order valence-corrected chi connectivity index (χ4v) is 3.42. The highest BCUT2D eigenvalue weighted by molar-refractivity contribution is 7.14. The van der Waals surface area contributed by atoms with E-state index >= 15 is 0 Å². The molecule has 0 aliphatic rings. The second kappa shape index (κ2) is 6.53. The molecule has 128 valence electrons. The van der Waals surface area contributed by atoms with E-state index in [1.807, 2.05) is 41.8 Å². The first kappa shape index (κ1) is 16.2. The van der Waals surface area contributed by atoms with E-state index in [9.17, 15) is 9.59 Å². The number of carbonyl (C=O) groups is 1. The number of para-hydroxylation sites is 1. The van der Waals surface area contributed by atoms with Crippen LogP contribution in [0.3, 0.4) is 0 Å². The largest absolute Gasteiger partial charge is 0.296 e. The van der Waals surface area contributed by atoms with E-state index in [4.69, 9.17) is 0 Å². The molecule has 2 aromatic carbocycles. The van der Waals surface area contributed by atoms with Gasteiger partial charge in [0.2, 0.25) is 5.43 Å². The average Bonchev–Trinajstić information content (AvgIpc) is 3.14. The lowest BCUT2D eigenvalue weighted by Gasteiger charge is -2.07. The fourth-order valence-electron chi connectivity index (χ4n) is 2.70. The first-order chi connectivity index (χ1) is 12.6. The van der Waals surface area contributed by atoms with Crippen LogP contribution < -0.4 is 10.7 Å². The van der Waals surface area contributed by atoms with Gasteiger partial charge in [0.25, 0.3) is 5.91 Å². The van der Waals surface area contributed by atoms with Gasteiger partial charge in [0.15, 0.2) is 10.8 Å². The van der Waals surface area contributed by atoms with Crippen LogP contribution in [0.15, 0.2) is 64.8 Å². The maximum absolute atomic E-state index is 12.6. The van der Waals surface area contributed by atoms with Crippen molar-refractivity contribution in [2.45, 2.75) is 0 Å². The first-order valence-corrected chi connectivity index (χ1v) is 8.80. The Labute approximate surface area is 152 Å². The minimum Gasteiger partial charge on any atom is -0.296 e. The molecule has 0 spiro atoms. The summed E-state index contributed by atoms with van der Waals surface area (Å²) in [7, 11) is 1.70. The lowest BCUT2D eigenvalue weighted by Crippen LogP contribution is -2.26. The molecule has 0 aliphatic carbocycles. The van der Waals surface area contributed by atoms with Gasteiger partial charge in [0.1, 0.15) is 0 Å². The Bertz CT molecular complexity index is 1170. The predicted molar refractivity (Wildman–Crippen MR) is 102 cm³/mol. The summed E-state index contributed by atoms with van der Waals surface area (Å²) < 4.78 is 1.53. The van der Waals surface area contributed by atoms with Gasteiger partial charge in [-0.15, -0.1) is 11.3 Å². The summed E-state index contributed by atoms with van der Waals surface area (Å²) in [5.74, 6) is -0.565. The second-order valence-electron chi connectivity index (χ2n) is 5.68. The number of hydrogen-bond donors (Lipinski definition) is 1. The Morgan fingerprint density at radius 1 is 1.08 bits per heavy atom. The monoisotopic (exact) mass is 362 g/mol. The molecule has 4 aromatic rings. The summed E-state index contributed by atoms with van der Waals surface area (Å²) in [5.41, 5.74) is 1.86. The Hall–Kier alpha value is -3.32. The van der Waals surface area contributed by atoms with E-state index in [0.717, 1.165) is 11.3 Å². The maximum Gasteiger partial charge on any atom is 0.281 e. The van der Waals surface area contributed by atoms with E-state index in [2.05, 4.69) is 15.4 Å². The standard InChI is InChI=1S/C19H14N4O2S/c1-23-15-10-6-5-9-13(15)17(24)16(22-23)18(25)21-19-20-14(11-26-19)12-7-3-2-4-8-12/h2-11H,1H3,(H,20,21,25). The van der Waals surface area contributed by atoms with Crippen LogP contribution in [0, 0.1) is 0 Å². The summed E-state index contributed by atoms with van der Waals surface area (Å²) in [6.45, 7) is 0. The number of benzene rings is 2. The second-order valence-corrected chi connectivity index (χ2v) is 6.53. The summed E-state index contributed by atoms with van der Waals surface area (Å²) in [6.07, 6.45) is 0. The number of fused-ring (bicyclic) bond motifs is 1. The molecule has 0 bridgehead atoms. The van der Waals surface area contributed by atoms with E-state index in [1.54, 1.807) is 25.2 Å². The van der Waals surface area contributed by atoms with Gasteiger partial charge >= 0.3 is 0 Å². The Kier molecular flexibility index (Phi) is 4.06. The lowest BCUT2D eigenvalue weighted by atomic mass is 10.2. The molecule has 6 nitrogen and oxygen atoms in total. The molecule has 0 saturated heterocycles. The van der Waals surface area contributed by atoms with Gasteiger partial charge in [-0.25, -0.2) is 4.98 Å². The summed E-state index contributed by atoms with van der Waals surface area (Å²) in [6, 6.07) is 16.7. The number of rotatable bonds is 3. The lowest BCUT2D eigenvalue weighted by molar-refractivity contribution is 0.101. The fraction of sp³-hybridized carbons (Fsp3) is 0.0526. The molecule has 0 saturated carbocycles. The molecular formula is C19H14N4O2S. The SMILES string of the molecule is Cn1nc(C(=O)Nc2nc(-c3ccccc3)cs2)c(=O)c2ccccc21. The Morgan fingerprint density at radius 3 is 2.62 bits per heavy atom. The van der Waals surface area contributed by atoms with Crippen molar-refractivity contribution < 1.29 is 4.79 Å². The van der Waals surface area contributed by atoms with Crippen LogP contribution in [0.2, 0.25) is 0 Å². The molecule has 26 heavy (non-hydrogen) atoms. The number of amides is 1. The number of hydrogen-bond acceptors (Lipinski definition) is 5. The summed E-state index contributed by atoms with van der Waals surface area (Å²) in [5, 5.41) is 9.54. The third kappa shape index (κ3) is 2.89. The number of anilines is 1. The predicted octanol–water partition coefficient (Wildman–Crippen LogP) is 3.31. The average molecular weight is 362 g/mol. The molecule has 2 heterocycles. The van der Waals surface area contributed by atoms with Gasteiger partial charge in [-0.05, 0) is 12.1 Å². The van der Waals surface area contributed by atoms with Gasteiger partial charge in [-0.3, -0.25) is 19.6 Å². The molecule has 0 aliphatic heterocycles. The van der Waals surface area contributed by atoms with Crippen molar-refractivity contribution in [3.8, 4) is 11.3 Å². The highest BCUT2D eigenvalue weighted by atomic mass is 32.1. The third-order valence-electron chi connectivity index (χ3n) is 3.97. The third-order valence-corrected chi connectivity index (χ3v) is 4.73. The number of thiazole rings is 1. The Balaban J connectivity index is 1.65. The van der Waals surface area contributed by atoms with Crippen molar-refractivity contribution in [1.82, 2.24) is 14.8 Å². The van der Waals surface area contributed by atoms with E-state index < -0.39 is 11.3 Å².